The molecule has 4 nitrogen and oxygen atoms in total. The van der Waals surface area contributed by atoms with E-state index >= 15 is 0 Å². The molecule has 1 aliphatic heterocycles. The van der Waals surface area contributed by atoms with E-state index in [-0.39, 0.29) is 23.7 Å². The van der Waals surface area contributed by atoms with Crippen LogP contribution in [0.3, 0.4) is 0 Å². The van der Waals surface area contributed by atoms with Gasteiger partial charge in [0.2, 0.25) is 0 Å². The van der Waals surface area contributed by atoms with Gasteiger partial charge in [0.15, 0.2) is 0 Å². The molecule has 0 amide bonds. The van der Waals surface area contributed by atoms with Gasteiger partial charge in [-0.3, -0.25) is 4.18 Å². The molecule has 0 aliphatic carbocycles. The van der Waals surface area contributed by atoms with E-state index in [1.165, 1.54) is 0 Å². The normalized spacial score (nSPS) is 22.7. The van der Waals surface area contributed by atoms with Crippen LogP contribution in [-0.4, -0.2) is 27.2 Å². The Morgan fingerprint density at radius 1 is 1.39 bits per heavy atom. The van der Waals surface area contributed by atoms with Gasteiger partial charge >= 0.3 is 0 Å². The highest BCUT2D eigenvalue weighted by Crippen LogP contribution is 2.26. The minimum atomic E-state index is -3.65. The largest absolute Gasteiger partial charge is 0.365 e. The van der Waals surface area contributed by atoms with Crippen LogP contribution in [0.2, 0.25) is 0 Å². The third-order valence-electron chi connectivity index (χ3n) is 2.80. The number of aryl methyl sites for hydroxylation is 1. The smallest absolute Gasteiger partial charge is 0.296 e. The van der Waals surface area contributed by atoms with Gasteiger partial charge in [0.1, 0.15) is 6.10 Å². The standard InChI is InChI=1S/C13H16O4S/c1-3-12-13(17-12)8-9-16-18(14,15)11-6-4-10(2)5-7-11/h3-7,12-13H,1,8-9H2,2H3/t12-,13-/m0/s1. The summed E-state index contributed by atoms with van der Waals surface area (Å²) in [6.07, 6.45) is 2.37. The number of hydrogen-bond donors (Lipinski definition) is 0. The third-order valence-corrected chi connectivity index (χ3v) is 4.13. The van der Waals surface area contributed by atoms with Crippen molar-refractivity contribution in [2.24, 2.45) is 0 Å². The Hall–Kier alpha value is -1.17. The molecular weight excluding hydrogens is 252 g/mol. The summed E-state index contributed by atoms with van der Waals surface area (Å²) in [6, 6.07) is 6.58. The summed E-state index contributed by atoms with van der Waals surface area (Å²) in [5, 5.41) is 0. The summed E-state index contributed by atoms with van der Waals surface area (Å²) in [4.78, 5) is 0.185. The molecule has 2 rings (SSSR count). The second-order valence-corrected chi connectivity index (χ2v) is 5.87. The van der Waals surface area contributed by atoms with Crippen LogP contribution in [0.25, 0.3) is 0 Å². The number of epoxide rings is 1. The van der Waals surface area contributed by atoms with Gasteiger partial charge in [-0.1, -0.05) is 23.8 Å². The molecule has 1 aliphatic rings. The van der Waals surface area contributed by atoms with Crippen molar-refractivity contribution < 1.29 is 17.3 Å². The van der Waals surface area contributed by atoms with E-state index in [2.05, 4.69) is 6.58 Å². The maximum atomic E-state index is 11.8. The van der Waals surface area contributed by atoms with E-state index in [9.17, 15) is 8.42 Å². The molecule has 1 aromatic rings. The predicted molar refractivity (Wildman–Crippen MR) is 67.8 cm³/mol. The first kappa shape index (κ1) is 13.3. The quantitative estimate of drug-likeness (QED) is 0.450. The molecule has 0 aromatic heterocycles. The molecule has 0 N–H and O–H groups in total. The molecule has 0 spiro atoms. The minimum absolute atomic E-state index is 0.0516. The van der Waals surface area contributed by atoms with Crippen molar-refractivity contribution in [3.8, 4) is 0 Å². The van der Waals surface area contributed by atoms with Crippen molar-refractivity contribution in [1.82, 2.24) is 0 Å². The highest BCUT2D eigenvalue weighted by Gasteiger charge is 2.35. The van der Waals surface area contributed by atoms with E-state index < -0.39 is 10.1 Å². The van der Waals surface area contributed by atoms with Gasteiger partial charge < -0.3 is 4.74 Å². The van der Waals surface area contributed by atoms with Crippen molar-refractivity contribution in [2.75, 3.05) is 6.61 Å². The fraction of sp³-hybridized carbons (Fsp3) is 0.385. The van der Waals surface area contributed by atoms with E-state index in [1.807, 2.05) is 6.92 Å². The molecule has 98 valence electrons. The molecule has 1 aromatic carbocycles. The van der Waals surface area contributed by atoms with E-state index in [0.29, 0.717) is 6.42 Å². The average Bonchev–Trinajstić information content (AvgIpc) is 3.08. The second-order valence-electron chi connectivity index (χ2n) is 4.25. The molecule has 1 saturated heterocycles. The van der Waals surface area contributed by atoms with Gasteiger partial charge in [-0.15, -0.1) is 6.58 Å². The van der Waals surface area contributed by atoms with Crippen molar-refractivity contribution in [2.45, 2.75) is 30.4 Å². The van der Waals surface area contributed by atoms with E-state index in [0.717, 1.165) is 5.56 Å². The maximum Gasteiger partial charge on any atom is 0.296 e. The average molecular weight is 268 g/mol. The van der Waals surface area contributed by atoms with Crippen LogP contribution in [0.15, 0.2) is 41.8 Å². The minimum Gasteiger partial charge on any atom is -0.365 e. The number of rotatable bonds is 6. The van der Waals surface area contributed by atoms with Crippen LogP contribution < -0.4 is 0 Å². The lowest BCUT2D eigenvalue weighted by atomic mass is 10.2. The van der Waals surface area contributed by atoms with Crippen LogP contribution in [-0.2, 0) is 19.0 Å². The zero-order chi connectivity index (χ0) is 13.2. The fourth-order valence-electron chi connectivity index (χ4n) is 1.64. The molecule has 1 fully saturated rings. The summed E-state index contributed by atoms with van der Waals surface area (Å²) in [6.45, 7) is 5.63. The molecule has 0 unspecified atom stereocenters. The number of hydrogen-bond acceptors (Lipinski definition) is 4. The Kier molecular flexibility index (Phi) is 3.85. The molecule has 0 bridgehead atoms. The lowest BCUT2D eigenvalue weighted by Crippen LogP contribution is -2.09. The molecule has 2 atom stereocenters. The topological polar surface area (TPSA) is 55.9 Å². The van der Waals surface area contributed by atoms with Crippen LogP contribution in [0.4, 0.5) is 0 Å². The van der Waals surface area contributed by atoms with Crippen LogP contribution >= 0.6 is 0 Å². The van der Waals surface area contributed by atoms with Crippen molar-refractivity contribution in [3.63, 3.8) is 0 Å². The van der Waals surface area contributed by atoms with Crippen LogP contribution in [0, 0.1) is 6.92 Å². The Morgan fingerprint density at radius 3 is 2.61 bits per heavy atom. The maximum absolute atomic E-state index is 11.8. The van der Waals surface area contributed by atoms with Gasteiger partial charge in [0, 0.05) is 6.42 Å². The van der Waals surface area contributed by atoms with E-state index in [4.69, 9.17) is 8.92 Å². The second kappa shape index (κ2) is 5.22. The Bertz CT molecular complexity index is 518. The zero-order valence-corrected chi connectivity index (χ0v) is 11.0. The predicted octanol–water partition coefficient (Wildman–Crippen LogP) is 2.04. The van der Waals surface area contributed by atoms with Crippen molar-refractivity contribution in [1.29, 1.82) is 0 Å². The Morgan fingerprint density at radius 2 is 2.06 bits per heavy atom. The van der Waals surface area contributed by atoms with Crippen molar-refractivity contribution in [3.05, 3.63) is 42.5 Å². The molecular formula is C13H16O4S. The highest BCUT2D eigenvalue weighted by atomic mass is 32.2. The molecule has 0 radical (unpaired) electrons. The zero-order valence-electron chi connectivity index (χ0n) is 10.2. The molecule has 5 heteroatoms. The lowest BCUT2D eigenvalue weighted by Gasteiger charge is -2.04. The number of benzene rings is 1. The Balaban J connectivity index is 1.87. The lowest BCUT2D eigenvalue weighted by molar-refractivity contribution is 0.285. The van der Waals surface area contributed by atoms with Gasteiger partial charge in [-0.2, -0.15) is 8.42 Å². The summed E-state index contributed by atoms with van der Waals surface area (Å²) in [7, 11) is -3.65. The van der Waals surface area contributed by atoms with Crippen LogP contribution in [0.1, 0.15) is 12.0 Å². The number of ether oxygens (including phenoxy) is 1. The summed E-state index contributed by atoms with van der Waals surface area (Å²) < 4.78 is 33.8. The van der Waals surface area contributed by atoms with Crippen molar-refractivity contribution >= 4 is 10.1 Å². The van der Waals surface area contributed by atoms with E-state index in [1.54, 1.807) is 30.3 Å². The molecule has 0 saturated carbocycles. The monoisotopic (exact) mass is 268 g/mol. The van der Waals surface area contributed by atoms with Gasteiger partial charge in [-0.05, 0) is 19.1 Å². The first-order valence-corrected chi connectivity index (χ1v) is 7.18. The highest BCUT2D eigenvalue weighted by molar-refractivity contribution is 7.86. The summed E-state index contributed by atoms with van der Waals surface area (Å²) >= 11 is 0. The molecule has 18 heavy (non-hydrogen) atoms. The molecule has 1 heterocycles. The van der Waals surface area contributed by atoms with Gasteiger partial charge in [0.25, 0.3) is 10.1 Å². The fourth-order valence-corrected chi connectivity index (χ4v) is 2.56. The SMILES string of the molecule is C=C[C@@H]1O[C@H]1CCOS(=O)(=O)c1ccc(C)cc1. The summed E-state index contributed by atoms with van der Waals surface area (Å²) in [5.41, 5.74) is 1.01. The van der Waals surface area contributed by atoms with Crippen LogP contribution in [0.5, 0.6) is 0 Å². The first-order valence-electron chi connectivity index (χ1n) is 5.77. The first-order chi connectivity index (χ1) is 8.53. The van der Waals surface area contributed by atoms with Gasteiger partial charge in [0.05, 0.1) is 17.6 Å². The van der Waals surface area contributed by atoms with Gasteiger partial charge in [-0.25, -0.2) is 0 Å². The summed E-state index contributed by atoms with van der Waals surface area (Å²) in [5.74, 6) is 0. The Labute approximate surface area is 107 Å². The third kappa shape index (κ3) is 3.19.